The van der Waals surface area contributed by atoms with Gasteiger partial charge in [0.25, 0.3) is 5.91 Å². The Morgan fingerprint density at radius 3 is 2.43 bits per heavy atom. The fourth-order valence-corrected chi connectivity index (χ4v) is 2.14. The monoisotopic (exact) mass is 312 g/mol. The van der Waals surface area contributed by atoms with Gasteiger partial charge in [-0.05, 0) is 39.0 Å². The number of carbonyl (C=O) groups is 2. The van der Waals surface area contributed by atoms with E-state index in [0.29, 0.717) is 5.70 Å². The molecule has 122 valence electrons. The van der Waals surface area contributed by atoms with Gasteiger partial charge in [0.1, 0.15) is 6.04 Å². The molecule has 1 aliphatic heterocycles. The van der Waals surface area contributed by atoms with Gasteiger partial charge in [-0.2, -0.15) is 0 Å². The van der Waals surface area contributed by atoms with Crippen molar-refractivity contribution in [3.05, 3.63) is 72.7 Å². The van der Waals surface area contributed by atoms with E-state index in [2.05, 4.69) is 11.9 Å². The highest BCUT2D eigenvalue weighted by Crippen LogP contribution is 2.20. The zero-order chi connectivity index (χ0) is 17.2. The van der Waals surface area contributed by atoms with Gasteiger partial charge < -0.3 is 5.32 Å². The first-order chi connectivity index (χ1) is 11.1. The molecule has 4 heteroatoms. The van der Waals surface area contributed by atoms with Crippen LogP contribution in [0.4, 0.5) is 0 Å². The maximum atomic E-state index is 12.5. The van der Waals surface area contributed by atoms with E-state index in [1.807, 2.05) is 57.2 Å². The van der Waals surface area contributed by atoms with E-state index in [1.54, 1.807) is 12.2 Å². The van der Waals surface area contributed by atoms with E-state index in [1.165, 1.54) is 11.0 Å². The molecule has 0 aromatic heterocycles. The molecule has 0 spiro atoms. The highest BCUT2D eigenvalue weighted by Gasteiger charge is 2.39. The Bertz CT molecular complexity index is 607. The van der Waals surface area contributed by atoms with Crippen LogP contribution in [0.1, 0.15) is 27.2 Å². The van der Waals surface area contributed by atoms with Crippen molar-refractivity contribution in [2.45, 2.75) is 33.2 Å². The second kappa shape index (κ2) is 9.41. The van der Waals surface area contributed by atoms with Gasteiger partial charge in [-0.25, -0.2) is 4.90 Å². The number of amides is 2. The molecular weight excluding hydrogens is 288 g/mol. The summed E-state index contributed by atoms with van der Waals surface area (Å²) in [6.45, 7) is 9.35. The molecule has 1 fully saturated rings. The van der Waals surface area contributed by atoms with Crippen molar-refractivity contribution in [2.75, 3.05) is 0 Å². The average molecular weight is 312 g/mol. The van der Waals surface area contributed by atoms with E-state index in [9.17, 15) is 9.59 Å². The van der Waals surface area contributed by atoms with Crippen LogP contribution in [0.5, 0.6) is 0 Å². The number of nitrogens with zero attached hydrogens (tertiary/aromatic N) is 1. The predicted molar refractivity (Wildman–Crippen MR) is 94.2 cm³/mol. The lowest BCUT2D eigenvalue weighted by molar-refractivity contribution is -0.136. The van der Waals surface area contributed by atoms with Gasteiger partial charge in [0.05, 0.1) is 12.1 Å². The number of nitrogens with one attached hydrogen (secondary N) is 1. The van der Waals surface area contributed by atoms with E-state index < -0.39 is 6.04 Å². The number of hydrogen-bond donors (Lipinski definition) is 1. The lowest BCUT2D eigenvalue weighted by atomic mass is 10.2. The topological polar surface area (TPSA) is 49.4 Å². The molecule has 1 N–H and O–H groups in total. The third kappa shape index (κ3) is 4.95. The van der Waals surface area contributed by atoms with Gasteiger partial charge >= 0.3 is 0 Å². The van der Waals surface area contributed by atoms with Crippen LogP contribution >= 0.6 is 0 Å². The Morgan fingerprint density at radius 1 is 1.17 bits per heavy atom. The van der Waals surface area contributed by atoms with Crippen molar-refractivity contribution in [1.29, 1.82) is 0 Å². The van der Waals surface area contributed by atoms with Gasteiger partial charge in [-0.1, -0.05) is 43.0 Å². The molecule has 1 saturated heterocycles. The Morgan fingerprint density at radius 2 is 1.87 bits per heavy atom. The summed E-state index contributed by atoms with van der Waals surface area (Å²) >= 11 is 0. The molecule has 1 atom stereocenters. The van der Waals surface area contributed by atoms with Crippen LogP contribution in [0.2, 0.25) is 0 Å². The van der Waals surface area contributed by atoms with Crippen molar-refractivity contribution in [1.82, 2.24) is 10.2 Å². The first kappa shape index (κ1) is 18.4. The summed E-state index contributed by atoms with van der Waals surface area (Å²) in [7, 11) is 0. The fraction of sp³-hybridized carbons (Fsp3) is 0.263. The summed E-state index contributed by atoms with van der Waals surface area (Å²) in [6.07, 6.45) is 16.4. The number of carbonyl (C=O) groups excluding carboxylic acids is 2. The summed E-state index contributed by atoms with van der Waals surface area (Å²) < 4.78 is 0. The minimum Gasteiger partial charge on any atom is -0.374 e. The summed E-state index contributed by atoms with van der Waals surface area (Å²) in [5.74, 6) is -0.486. The van der Waals surface area contributed by atoms with Crippen LogP contribution < -0.4 is 5.32 Å². The maximum absolute atomic E-state index is 12.5. The molecule has 2 amide bonds. The lowest BCUT2D eigenvalue weighted by Crippen LogP contribution is -2.37. The number of allylic oxidation sites excluding steroid dienone is 9. The van der Waals surface area contributed by atoms with Crippen molar-refractivity contribution in [3.63, 3.8) is 0 Å². The van der Waals surface area contributed by atoms with E-state index in [-0.39, 0.29) is 18.2 Å². The standard InChI is InChI=1S/C19H24N2O2/c1-5-9-11-12-15(7-3)20-17-14-18(22)21(19(17)23)16(8-4)13-10-6-2/h5-13,17,20H,4,14H2,1-3H3/b9-5-,10-6-,12-11-,15-7+,16-13+. The van der Waals surface area contributed by atoms with E-state index >= 15 is 0 Å². The molecule has 1 heterocycles. The quantitative estimate of drug-likeness (QED) is 0.579. The van der Waals surface area contributed by atoms with Crippen LogP contribution in [0, 0.1) is 0 Å². The Balaban J connectivity index is 2.92. The first-order valence-electron chi connectivity index (χ1n) is 7.63. The van der Waals surface area contributed by atoms with Gasteiger partial charge in [-0.3, -0.25) is 9.59 Å². The molecular formula is C19H24N2O2. The van der Waals surface area contributed by atoms with Crippen molar-refractivity contribution in [2.24, 2.45) is 0 Å². The molecule has 0 bridgehead atoms. The molecule has 0 aromatic rings. The molecule has 0 saturated carbocycles. The second-order valence-corrected chi connectivity index (χ2v) is 4.92. The SMILES string of the molecule is C=C/C(=C\C=C/C)N1C(=O)CC(NC(/C=C\C=C/C)=C/C)C1=O. The van der Waals surface area contributed by atoms with Crippen LogP contribution in [-0.2, 0) is 9.59 Å². The van der Waals surface area contributed by atoms with Gasteiger partial charge in [0, 0.05) is 5.70 Å². The Kier molecular flexibility index (Phi) is 7.54. The summed E-state index contributed by atoms with van der Waals surface area (Å²) in [5.41, 5.74) is 1.29. The van der Waals surface area contributed by atoms with Crippen molar-refractivity contribution < 1.29 is 9.59 Å². The Labute approximate surface area is 138 Å². The molecule has 4 nitrogen and oxygen atoms in total. The molecule has 0 radical (unpaired) electrons. The van der Waals surface area contributed by atoms with Crippen molar-refractivity contribution in [3.8, 4) is 0 Å². The lowest BCUT2D eigenvalue weighted by Gasteiger charge is -2.17. The first-order valence-corrected chi connectivity index (χ1v) is 7.63. The normalized spacial score (nSPS) is 20.5. The summed E-state index contributed by atoms with van der Waals surface area (Å²) in [6, 6.07) is -0.557. The second-order valence-electron chi connectivity index (χ2n) is 4.92. The molecule has 0 aromatic carbocycles. The zero-order valence-electron chi connectivity index (χ0n) is 14.0. The van der Waals surface area contributed by atoms with E-state index in [4.69, 9.17) is 0 Å². The number of imide groups is 1. The highest BCUT2D eigenvalue weighted by molar-refractivity contribution is 6.07. The summed E-state index contributed by atoms with van der Waals surface area (Å²) in [5, 5.41) is 3.12. The van der Waals surface area contributed by atoms with Gasteiger partial charge in [-0.15, -0.1) is 0 Å². The third-order valence-electron chi connectivity index (χ3n) is 3.30. The van der Waals surface area contributed by atoms with Crippen LogP contribution in [0.25, 0.3) is 0 Å². The summed E-state index contributed by atoms with van der Waals surface area (Å²) in [4.78, 5) is 25.9. The minimum absolute atomic E-state index is 0.134. The van der Waals surface area contributed by atoms with E-state index in [0.717, 1.165) is 5.70 Å². The van der Waals surface area contributed by atoms with Crippen LogP contribution in [0.15, 0.2) is 72.7 Å². The van der Waals surface area contributed by atoms with Crippen LogP contribution in [0.3, 0.4) is 0 Å². The smallest absolute Gasteiger partial charge is 0.256 e. The fourth-order valence-electron chi connectivity index (χ4n) is 2.14. The number of likely N-dealkylation sites (tertiary alicyclic amines) is 1. The molecule has 1 rings (SSSR count). The Hall–Kier alpha value is -2.62. The predicted octanol–water partition coefficient (Wildman–Crippen LogP) is 3.39. The number of rotatable bonds is 7. The molecule has 23 heavy (non-hydrogen) atoms. The minimum atomic E-state index is -0.557. The molecule has 1 unspecified atom stereocenters. The zero-order valence-corrected chi connectivity index (χ0v) is 14.0. The number of hydrogen-bond acceptors (Lipinski definition) is 3. The largest absolute Gasteiger partial charge is 0.374 e. The molecule has 0 aliphatic carbocycles. The third-order valence-corrected chi connectivity index (χ3v) is 3.30. The van der Waals surface area contributed by atoms with Crippen molar-refractivity contribution >= 4 is 11.8 Å². The maximum Gasteiger partial charge on any atom is 0.256 e. The average Bonchev–Trinajstić information content (AvgIpc) is 2.82. The van der Waals surface area contributed by atoms with Crippen LogP contribution in [-0.4, -0.2) is 22.8 Å². The van der Waals surface area contributed by atoms with Gasteiger partial charge in [0.15, 0.2) is 0 Å². The molecule has 1 aliphatic rings. The highest BCUT2D eigenvalue weighted by atomic mass is 16.2. The van der Waals surface area contributed by atoms with Gasteiger partial charge in [0.2, 0.25) is 5.91 Å².